The number of thiazole rings is 1. The van der Waals surface area contributed by atoms with Crippen LogP contribution >= 0.6 is 11.3 Å². The maximum atomic E-state index is 4.59. The minimum atomic E-state index is 0.164. The van der Waals surface area contributed by atoms with Crippen LogP contribution in [-0.2, 0) is 0 Å². The van der Waals surface area contributed by atoms with Crippen molar-refractivity contribution in [2.45, 2.75) is 33.2 Å². The van der Waals surface area contributed by atoms with Crippen molar-refractivity contribution in [3.05, 3.63) is 45.7 Å². The molecule has 0 spiro atoms. The Morgan fingerprint density at radius 1 is 1.28 bits per heavy atom. The van der Waals surface area contributed by atoms with Crippen LogP contribution in [0.1, 0.15) is 41.3 Å². The Balaban J connectivity index is 2.27. The Morgan fingerprint density at radius 3 is 2.67 bits per heavy atom. The molecule has 18 heavy (non-hydrogen) atoms. The van der Waals surface area contributed by atoms with Gasteiger partial charge >= 0.3 is 0 Å². The number of nitrogens with zero attached hydrogens (tertiary/aromatic N) is 2. The van der Waals surface area contributed by atoms with E-state index in [1.807, 2.05) is 20.0 Å². The second kappa shape index (κ2) is 6.07. The van der Waals surface area contributed by atoms with Crippen LogP contribution in [0, 0.1) is 13.8 Å². The number of nitrogens with one attached hydrogen (secondary N) is 1. The van der Waals surface area contributed by atoms with Crippen LogP contribution in [0.25, 0.3) is 0 Å². The molecule has 0 fully saturated rings. The number of hydrogen-bond acceptors (Lipinski definition) is 4. The van der Waals surface area contributed by atoms with E-state index in [1.165, 1.54) is 5.56 Å². The maximum Gasteiger partial charge on any atom is 0.114 e. The van der Waals surface area contributed by atoms with Gasteiger partial charge in [0.05, 0.1) is 6.04 Å². The molecule has 96 valence electrons. The Bertz CT molecular complexity index is 490. The van der Waals surface area contributed by atoms with Crippen LogP contribution in [0.5, 0.6) is 0 Å². The largest absolute Gasteiger partial charge is 0.304 e. The summed E-state index contributed by atoms with van der Waals surface area (Å²) in [5, 5.41) is 6.75. The van der Waals surface area contributed by atoms with Gasteiger partial charge in [-0.25, -0.2) is 4.98 Å². The van der Waals surface area contributed by atoms with Gasteiger partial charge in [-0.3, -0.25) is 4.98 Å². The van der Waals surface area contributed by atoms with Crippen molar-refractivity contribution in [2.75, 3.05) is 6.54 Å². The van der Waals surface area contributed by atoms with Crippen LogP contribution in [0.3, 0.4) is 0 Å². The number of aromatic nitrogens is 2. The Labute approximate surface area is 112 Å². The van der Waals surface area contributed by atoms with Gasteiger partial charge in [0.1, 0.15) is 5.01 Å². The van der Waals surface area contributed by atoms with Crippen molar-refractivity contribution in [3.63, 3.8) is 0 Å². The molecule has 2 heterocycles. The average Bonchev–Trinajstić information content (AvgIpc) is 2.78. The molecule has 0 radical (unpaired) electrons. The molecule has 0 aliphatic rings. The summed E-state index contributed by atoms with van der Waals surface area (Å²) in [6, 6.07) is 4.35. The first-order valence-electron chi connectivity index (χ1n) is 6.28. The fourth-order valence-corrected chi connectivity index (χ4v) is 2.69. The Morgan fingerprint density at radius 2 is 2.11 bits per heavy atom. The van der Waals surface area contributed by atoms with E-state index < -0.39 is 0 Å². The van der Waals surface area contributed by atoms with Crippen molar-refractivity contribution in [1.82, 2.24) is 15.3 Å². The molecule has 0 saturated heterocycles. The van der Waals surface area contributed by atoms with Gasteiger partial charge in [0.25, 0.3) is 0 Å². The first-order valence-corrected chi connectivity index (χ1v) is 7.16. The number of rotatable bonds is 5. The molecule has 1 unspecified atom stereocenters. The van der Waals surface area contributed by atoms with Crippen molar-refractivity contribution < 1.29 is 0 Å². The molecular weight excluding hydrogens is 242 g/mol. The molecule has 1 N–H and O–H groups in total. The van der Waals surface area contributed by atoms with E-state index in [1.54, 1.807) is 11.3 Å². The smallest absolute Gasteiger partial charge is 0.114 e. The van der Waals surface area contributed by atoms with E-state index >= 15 is 0 Å². The van der Waals surface area contributed by atoms with Crippen LogP contribution in [0.4, 0.5) is 0 Å². The van der Waals surface area contributed by atoms with Crippen molar-refractivity contribution in [3.8, 4) is 0 Å². The van der Waals surface area contributed by atoms with Crippen molar-refractivity contribution >= 4 is 11.3 Å². The van der Waals surface area contributed by atoms with Crippen molar-refractivity contribution in [1.29, 1.82) is 0 Å². The average molecular weight is 261 g/mol. The molecule has 2 aromatic rings. The molecule has 0 aromatic carbocycles. The highest BCUT2D eigenvalue weighted by Gasteiger charge is 2.16. The molecule has 1 atom stereocenters. The lowest BCUT2D eigenvalue weighted by molar-refractivity contribution is 0.593. The van der Waals surface area contributed by atoms with Gasteiger partial charge in [0.15, 0.2) is 0 Å². The summed E-state index contributed by atoms with van der Waals surface area (Å²) < 4.78 is 0. The lowest BCUT2D eigenvalue weighted by Gasteiger charge is -2.16. The third-order valence-corrected chi connectivity index (χ3v) is 3.78. The molecule has 0 aliphatic carbocycles. The fourth-order valence-electron chi connectivity index (χ4n) is 1.79. The number of pyridine rings is 1. The highest BCUT2D eigenvalue weighted by Crippen LogP contribution is 2.24. The van der Waals surface area contributed by atoms with Crippen LogP contribution < -0.4 is 5.32 Å². The topological polar surface area (TPSA) is 37.8 Å². The summed E-state index contributed by atoms with van der Waals surface area (Å²) in [5.74, 6) is 0. The highest BCUT2D eigenvalue weighted by molar-refractivity contribution is 7.09. The summed E-state index contributed by atoms with van der Waals surface area (Å²) in [4.78, 5) is 8.97. The first kappa shape index (κ1) is 13.2. The quantitative estimate of drug-likeness (QED) is 0.898. The van der Waals surface area contributed by atoms with Gasteiger partial charge in [-0.05, 0) is 38.4 Å². The lowest BCUT2D eigenvalue weighted by Crippen LogP contribution is -2.23. The van der Waals surface area contributed by atoms with Crippen molar-refractivity contribution in [2.24, 2.45) is 0 Å². The summed E-state index contributed by atoms with van der Waals surface area (Å²) in [7, 11) is 0. The maximum absolute atomic E-state index is 4.59. The van der Waals surface area contributed by atoms with Crippen LogP contribution in [0.2, 0.25) is 0 Å². The van der Waals surface area contributed by atoms with E-state index in [0.29, 0.717) is 0 Å². The van der Waals surface area contributed by atoms with Gasteiger partial charge in [-0.1, -0.05) is 13.0 Å². The number of aryl methyl sites for hydroxylation is 2. The van der Waals surface area contributed by atoms with E-state index in [9.17, 15) is 0 Å². The third-order valence-electron chi connectivity index (χ3n) is 2.75. The van der Waals surface area contributed by atoms with Crippen LogP contribution in [-0.4, -0.2) is 16.5 Å². The first-order chi connectivity index (χ1) is 8.70. The monoisotopic (exact) mass is 261 g/mol. The van der Waals surface area contributed by atoms with Gasteiger partial charge in [0, 0.05) is 23.0 Å². The summed E-state index contributed by atoms with van der Waals surface area (Å²) in [5.41, 5.74) is 3.31. The second-order valence-electron chi connectivity index (χ2n) is 4.45. The van der Waals surface area contributed by atoms with E-state index in [-0.39, 0.29) is 6.04 Å². The standard InChI is InChI=1S/C14H19N3S/c1-4-7-15-13(14-17-11(3)9-18-14)12-6-5-10(2)16-8-12/h5-6,8-9,13,15H,4,7H2,1-3H3. The van der Waals surface area contributed by atoms with Gasteiger partial charge in [0.2, 0.25) is 0 Å². The lowest BCUT2D eigenvalue weighted by atomic mass is 10.1. The molecule has 3 nitrogen and oxygen atoms in total. The fraction of sp³-hybridized carbons (Fsp3) is 0.429. The molecule has 0 bridgehead atoms. The zero-order valence-electron chi connectivity index (χ0n) is 11.1. The van der Waals surface area contributed by atoms with Gasteiger partial charge < -0.3 is 5.32 Å². The van der Waals surface area contributed by atoms with Gasteiger partial charge in [-0.15, -0.1) is 11.3 Å². The minimum Gasteiger partial charge on any atom is -0.304 e. The molecular formula is C14H19N3S. The van der Waals surface area contributed by atoms with E-state index in [2.05, 4.69) is 39.7 Å². The van der Waals surface area contributed by atoms with Crippen LogP contribution in [0.15, 0.2) is 23.7 Å². The zero-order valence-corrected chi connectivity index (χ0v) is 11.9. The summed E-state index contributed by atoms with van der Waals surface area (Å²) in [6.07, 6.45) is 3.06. The molecule has 0 aliphatic heterocycles. The number of hydrogen-bond donors (Lipinski definition) is 1. The molecule has 0 saturated carbocycles. The molecule has 2 rings (SSSR count). The minimum absolute atomic E-state index is 0.164. The van der Waals surface area contributed by atoms with E-state index in [0.717, 1.165) is 29.4 Å². The Kier molecular flexibility index (Phi) is 4.44. The molecule has 4 heteroatoms. The molecule has 2 aromatic heterocycles. The summed E-state index contributed by atoms with van der Waals surface area (Å²) in [6.45, 7) is 7.19. The normalized spacial score (nSPS) is 12.6. The Hall–Kier alpha value is -1.26. The predicted octanol–water partition coefficient (Wildman–Crippen LogP) is 3.24. The van der Waals surface area contributed by atoms with Gasteiger partial charge in [-0.2, -0.15) is 0 Å². The zero-order chi connectivity index (χ0) is 13.0. The second-order valence-corrected chi connectivity index (χ2v) is 5.34. The van der Waals surface area contributed by atoms with E-state index in [4.69, 9.17) is 0 Å². The molecule has 0 amide bonds. The SMILES string of the molecule is CCCNC(c1ccc(C)nc1)c1nc(C)cs1. The summed E-state index contributed by atoms with van der Waals surface area (Å²) >= 11 is 1.71. The predicted molar refractivity (Wildman–Crippen MR) is 76.0 cm³/mol. The third kappa shape index (κ3) is 3.15. The highest BCUT2D eigenvalue weighted by atomic mass is 32.1.